The highest BCUT2D eigenvalue weighted by molar-refractivity contribution is 5.19. The third-order valence-corrected chi connectivity index (χ3v) is 4.44. The predicted molar refractivity (Wildman–Crippen MR) is 59.5 cm³/mol. The van der Waals surface area contributed by atoms with E-state index in [4.69, 9.17) is 9.26 Å². The molecule has 2 aliphatic heterocycles. The van der Waals surface area contributed by atoms with Crippen LogP contribution in [0.2, 0.25) is 0 Å². The Labute approximate surface area is 99.9 Å². The molecule has 1 aromatic rings. The highest BCUT2D eigenvalue weighted by Crippen LogP contribution is 2.62. The molecule has 1 aliphatic carbocycles. The second-order valence-corrected chi connectivity index (χ2v) is 5.54. The second kappa shape index (κ2) is 3.53. The van der Waals surface area contributed by atoms with Crippen LogP contribution in [-0.4, -0.2) is 29.8 Å². The van der Waals surface area contributed by atoms with E-state index in [1.54, 1.807) is 0 Å². The summed E-state index contributed by atoms with van der Waals surface area (Å²) in [6.45, 7) is 3.06. The molecule has 3 unspecified atom stereocenters. The number of aromatic nitrogens is 2. The van der Waals surface area contributed by atoms with Gasteiger partial charge in [-0.25, -0.2) is 0 Å². The highest BCUT2D eigenvalue weighted by Gasteiger charge is 2.58. The maximum Gasteiger partial charge on any atom is 0.230 e. The van der Waals surface area contributed by atoms with Crippen molar-refractivity contribution < 1.29 is 9.26 Å². The van der Waals surface area contributed by atoms with E-state index in [-0.39, 0.29) is 6.10 Å². The zero-order chi connectivity index (χ0) is 11.3. The summed E-state index contributed by atoms with van der Waals surface area (Å²) in [5.74, 6) is 2.07. The number of nitrogens with one attached hydrogen (secondary N) is 1. The fraction of sp³-hybridized carbons (Fsp3) is 0.833. The molecule has 1 aromatic heterocycles. The van der Waals surface area contributed by atoms with Crippen molar-refractivity contribution in [3.63, 3.8) is 0 Å². The van der Waals surface area contributed by atoms with Gasteiger partial charge in [0, 0.05) is 19.1 Å². The van der Waals surface area contributed by atoms with Gasteiger partial charge in [-0.05, 0) is 37.6 Å². The molecule has 1 spiro atoms. The van der Waals surface area contributed by atoms with Gasteiger partial charge in [-0.2, -0.15) is 4.98 Å². The van der Waals surface area contributed by atoms with Gasteiger partial charge in [0.25, 0.3) is 0 Å². The summed E-state index contributed by atoms with van der Waals surface area (Å²) in [6, 6.07) is 0. The molecule has 3 heterocycles. The van der Waals surface area contributed by atoms with E-state index in [2.05, 4.69) is 15.5 Å². The summed E-state index contributed by atoms with van der Waals surface area (Å²) in [6.07, 6.45) is 4.65. The smallest absolute Gasteiger partial charge is 0.230 e. The monoisotopic (exact) mass is 235 g/mol. The Morgan fingerprint density at radius 1 is 1.41 bits per heavy atom. The molecule has 1 N–H and O–H groups in total. The molecule has 4 rings (SSSR count). The zero-order valence-corrected chi connectivity index (χ0v) is 9.82. The molecular formula is C12H17N3O2. The van der Waals surface area contributed by atoms with Crippen LogP contribution in [0.15, 0.2) is 4.52 Å². The van der Waals surface area contributed by atoms with Gasteiger partial charge in [0.1, 0.15) is 6.10 Å². The van der Waals surface area contributed by atoms with Crippen molar-refractivity contribution in [3.05, 3.63) is 11.7 Å². The van der Waals surface area contributed by atoms with Crippen molar-refractivity contribution in [1.82, 2.24) is 15.5 Å². The van der Waals surface area contributed by atoms with Gasteiger partial charge in [0.2, 0.25) is 11.7 Å². The van der Waals surface area contributed by atoms with Gasteiger partial charge in [-0.15, -0.1) is 0 Å². The lowest BCUT2D eigenvalue weighted by Crippen LogP contribution is -2.10. The maximum atomic E-state index is 5.57. The van der Waals surface area contributed by atoms with Gasteiger partial charge in [-0.1, -0.05) is 5.16 Å². The number of hydrogen-bond donors (Lipinski definition) is 1. The first kappa shape index (κ1) is 10.0. The number of hydrogen-bond acceptors (Lipinski definition) is 5. The van der Waals surface area contributed by atoms with E-state index in [0.29, 0.717) is 11.3 Å². The van der Waals surface area contributed by atoms with Crippen LogP contribution in [0.25, 0.3) is 0 Å². The van der Waals surface area contributed by atoms with Crippen LogP contribution in [0.4, 0.5) is 0 Å². The Balaban J connectivity index is 1.52. The van der Waals surface area contributed by atoms with Gasteiger partial charge in [0.15, 0.2) is 0 Å². The van der Waals surface area contributed by atoms with Crippen LogP contribution < -0.4 is 5.32 Å². The molecule has 1 saturated carbocycles. The van der Waals surface area contributed by atoms with Crippen molar-refractivity contribution >= 4 is 0 Å². The van der Waals surface area contributed by atoms with Crippen molar-refractivity contribution in [2.45, 2.75) is 37.7 Å². The number of nitrogens with zero attached hydrogens (tertiary/aromatic N) is 2. The summed E-state index contributed by atoms with van der Waals surface area (Å²) in [4.78, 5) is 4.54. The molecular weight excluding hydrogens is 218 g/mol. The molecule has 0 amide bonds. The Morgan fingerprint density at radius 3 is 3.18 bits per heavy atom. The highest BCUT2D eigenvalue weighted by atomic mass is 16.5. The van der Waals surface area contributed by atoms with E-state index in [1.165, 1.54) is 12.8 Å². The lowest BCUT2D eigenvalue weighted by atomic mass is 10.0. The Morgan fingerprint density at radius 2 is 2.41 bits per heavy atom. The van der Waals surface area contributed by atoms with Crippen LogP contribution in [0.1, 0.15) is 49.4 Å². The molecule has 0 radical (unpaired) electrons. The lowest BCUT2D eigenvalue weighted by molar-refractivity contribution is 0.103. The van der Waals surface area contributed by atoms with Gasteiger partial charge in [0.05, 0.1) is 0 Å². The minimum Gasteiger partial charge on any atom is -0.370 e. The fourth-order valence-corrected chi connectivity index (χ4v) is 3.23. The molecule has 3 fully saturated rings. The average Bonchev–Trinajstić information content (AvgIpc) is 2.85. The summed E-state index contributed by atoms with van der Waals surface area (Å²) in [5.41, 5.74) is 0.431. The zero-order valence-electron chi connectivity index (χ0n) is 9.82. The third-order valence-electron chi connectivity index (χ3n) is 4.44. The quantitative estimate of drug-likeness (QED) is 0.839. The molecule has 5 heteroatoms. The Hall–Kier alpha value is -0.940. The van der Waals surface area contributed by atoms with Gasteiger partial charge < -0.3 is 14.6 Å². The average molecular weight is 235 g/mol. The van der Waals surface area contributed by atoms with Crippen LogP contribution in [0.5, 0.6) is 0 Å². The first-order valence-electron chi connectivity index (χ1n) is 6.53. The van der Waals surface area contributed by atoms with Crippen molar-refractivity contribution in [1.29, 1.82) is 0 Å². The van der Waals surface area contributed by atoms with Crippen molar-refractivity contribution in [3.8, 4) is 0 Å². The maximum absolute atomic E-state index is 5.57. The first-order valence-corrected chi connectivity index (χ1v) is 6.53. The molecule has 3 aliphatic rings. The summed E-state index contributed by atoms with van der Waals surface area (Å²) in [7, 11) is 0. The summed E-state index contributed by atoms with van der Waals surface area (Å²) < 4.78 is 11.0. The largest absolute Gasteiger partial charge is 0.370 e. The Bertz CT molecular complexity index is 419. The third kappa shape index (κ3) is 1.52. The van der Waals surface area contributed by atoms with Crippen molar-refractivity contribution in [2.75, 3.05) is 19.7 Å². The normalized spacial score (nSPS) is 40.2. The molecule has 3 atom stereocenters. The van der Waals surface area contributed by atoms with Crippen molar-refractivity contribution in [2.24, 2.45) is 5.41 Å². The first-order chi connectivity index (χ1) is 8.37. The topological polar surface area (TPSA) is 60.2 Å². The second-order valence-electron chi connectivity index (χ2n) is 5.54. The van der Waals surface area contributed by atoms with Crippen LogP contribution in [0.3, 0.4) is 0 Å². The van der Waals surface area contributed by atoms with Crippen LogP contribution >= 0.6 is 0 Å². The Kier molecular flexibility index (Phi) is 2.08. The minimum absolute atomic E-state index is 0.0731. The van der Waals surface area contributed by atoms with E-state index < -0.39 is 0 Å². The van der Waals surface area contributed by atoms with Gasteiger partial charge >= 0.3 is 0 Å². The number of rotatable bonds is 2. The molecule has 0 aromatic carbocycles. The van der Waals surface area contributed by atoms with E-state index in [1.807, 2.05) is 0 Å². The summed E-state index contributed by atoms with van der Waals surface area (Å²) in [5, 5.41) is 7.50. The molecule has 0 bridgehead atoms. The van der Waals surface area contributed by atoms with Gasteiger partial charge in [-0.3, -0.25) is 0 Å². The molecule has 17 heavy (non-hydrogen) atoms. The molecule has 5 nitrogen and oxygen atoms in total. The predicted octanol–water partition coefficient (Wildman–Crippen LogP) is 1.39. The van der Waals surface area contributed by atoms with Crippen LogP contribution in [-0.2, 0) is 4.74 Å². The summed E-state index contributed by atoms with van der Waals surface area (Å²) >= 11 is 0. The molecule has 92 valence electrons. The van der Waals surface area contributed by atoms with E-state index in [0.717, 1.165) is 44.3 Å². The lowest BCUT2D eigenvalue weighted by Gasteiger charge is -2.03. The number of ether oxygens (including phenoxy) is 1. The minimum atomic E-state index is 0.0731. The van der Waals surface area contributed by atoms with E-state index in [9.17, 15) is 0 Å². The fourth-order valence-electron chi connectivity index (χ4n) is 3.23. The van der Waals surface area contributed by atoms with Crippen LogP contribution in [0, 0.1) is 5.41 Å². The van der Waals surface area contributed by atoms with E-state index >= 15 is 0 Å². The SMILES string of the molecule is C1COC(c2noc(C3CC34CCNC4)n2)C1. The molecule has 2 saturated heterocycles. The standard InChI is InChI=1S/C12H17N3O2/c1-2-9(16-5-1)10-14-11(17-15-10)8-6-12(8)3-4-13-7-12/h8-9,13H,1-7H2.